The molecule has 27 heavy (non-hydrogen) atoms. The number of benzene rings is 2. The minimum absolute atomic E-state index is 0.0460. The van der Waals surface area contributed by atoms with Gasteiger partial charge in [0, 0.05) is 18.3 Å². The van der Waals surface area contributed by atoms with E-state index in [4.69, 9.17) is 11.6 Å². The Morgan fingerprint density at radius 3 is 2.52 bits per heavy atom. The molecule has 3 nitrogen and oxygen atoms in total. The Bertz CT molecular complexity index is 1060. The molecule has 0 saturated heterocycles. The lowest BCUT2D eigenvalue weighted by molar-refractivity contribution is -0.137. The molecule has 0 radical (unpaired) electrons. The van der Waals surface area contributed by atoms with E-state index in [0.29, 0.717) is 6.54 Å². The number of aryl methyl sites for hydroxylation is 1. The Morgan fingerprint density at radius 1 is 1.15 bits per heavy atom. The van der Waals surface area contributed by atoms with E-state index in [-0.39, 0.29) is 15.9 Å². The van der Waals surface area contributed by atoms with Crippen LogP contribution in [0.25, 0.3) is 11.4 Å². The topological polar surface area (TPSA) is 34.9 Å². The number of hydrogen-bond donors (Lipinski definition) is 0. The van der Waals surface area contributed by atoms with Gasteiger partial charge in [0.2, 0.25) is 0 Å². The molecule has 3 rings (SSSR count). The summed E-state index contributed by atoms with van der Waals surface area (Å²) in [5.74, 6) is 0.0718. The molecule has 0 aliphatic carbocycles. The van der Waals surface area contributed by atoms with Crippen molar-refractivity contribution in [2.24, 2.45) is 0 Å². The van der Waals surface area contributed by atoms with E-state index in [2.05, 4.69) is 20.9 Å². The van der Waals surface area contributed by atoms with Crippen molar-refractivity contribution in [3.63, 3.8) is 0 Å². The summed E-state index contributed by atoms with van der Waals surface area (Å²) in [4.78, 5) is 16.0. The fourth-order valence-electron chi connectivity index (χ4n) is 2.70. The van der Waals surface area contributed by atoms with Gasteiger partial charge in [-0.15, -0.1) is 0 Å². The first-order valence-electron chi connectivity index (χ1n) is 7.86. The first-order valence-corrected chi connectivity index (χ1v) is 9.03. The van der Waals surface area contributed by atoms with Gasteiger partial charge in [-0.2, -0.15) is 18.2 Å². The summed E-state index contributed by atoms with van der Waals surface area (Å²) in [6.45, 7) is 2.25. The number of nitrogens with zero attached hydrogens (tertiary/aromatic N) is 2. The highest BCUT2D eigenvalue weighted by molar-refractivity contribution is 9.10. The molecular formula is C19H13BrClF3N2O. The van der Waals surface area contributed by atoms with Crippen molar-refractivity contribution in [2.45, 2.75) is 19.6 Å². The molecule has 0 unspecified atom stereocenters. The van der Waals surface area contributed by atoms with Crippen molar-refractivity contribution in [1.82, 2.24) is 9.55 Å². The van der Waals surface area contributed by atoms with Crippen LogP contribution in [0, 0.1) is 6.92 Å². The lowest BCUT2D eigenvalue weighted by Crippen LogP contribution is -2.17. The second-order valence-electron chi connectivity index (χ2n) is 5.94. The molecule has 0 saturated carbocycles. The maximum atomic E-state index is 13.2. The van der Waals surface area contributed by atoms with Crippen molar-refractivity contribution in [2.75, 3.05) is 0 Å². The van der Waals surface area contributed by atoms with Crippen molar-refractivity contribution in [3.8, 4) is 11.4 Å². The van der Waals surface area contributed by atoms with Crippen LogP contribution < -0.4 is 5.56 Å². The Morgan fingerprint density at radius 2 is 1.85 bits per heavy atom. The molecular weight excluding hydrogens is 445 g/mol. The SMILES string of the molecule is Cc1ccccc1Cn1cc(Br)c(=O)nc1-c1cccc(C(F)(F)F)c1Cl. The van der Waals surface area contributed by atoms with Crippen LogP contribution in [0.5, 0.6) is 0 Å². The monoisotopic (exact) mass is 456 g/mol. The van der Waals surface area contributed by atoms with Gasteiger partial charge >= 0.3 is 6.18 Å². The summed E-state index contributed by atoms with van der Waals surface area (Å²) in [7, 11) is 0. The van der Waals surface area contributed by atoms with Gasteiger partial charge in [0.25, 0.3) is 5.56 Å². The number of rotatable bonds is 3. The minimum atomic E-state index is -4.61. The maximum absolute atomic E-state index is 13.2. The Labute approximate surface area is 166 Å². The van der Waals surface area contributed by atoms with Crippen LogP contribution in [0.2, 0.25) is 5.02 Å². The number of aromatic nitrogens is 2. The van der Waals surface area contributed by atoms with E-state index >= 15 is 0 Å². The largest absolute Gasteiger partial charge is 0.417 e. The highest BCUT2D eigenvalue weighted by Crippen LogP contribution is 2.39. The molecule has 0 bridgehead atoms. The Kier molecular flexibility index (Phi) is 5.44. The van der Waals surface area contributed by atoms with Crippen molar-refractivity contribution in [3.05, 3.63) is 85.2 Å². The van der Waals surface area contributed by atoms with Crippen molar-refractivity contribution >= 4 is 27.5 Å². The third-order valence-electron chi connectivity index (χ3n) is 4.10. The summed E-state index contributed by atoms with van der Waals surface area (Å²) in [5, 5.41) is -0.488. The van der Waals surface area contributed by atoms with E-state index in [1.165, 1.54) is 18.3 Å². The van der Waals surface area contributed by atoms with Gasteiger partial charge < -0.3 is 4.57 Å². The van der Waals surface area contributed by atoms with Gasteiger partial charge in [-0.3, -0.25) is 4.79 Å². The average Bonchev–Trinajstić information content (AvgIpc) is 2.59. The smallest absolute Gasteiger partial charge is 0.327 e. The third kappa shape index (κ3) is 4.09. The summed E-state index contributed by atoms with van der Waals surface area (Å²) in [6.07, 6.45) is -3.10. The van der Waals surface area contributed by atoms with Gasteiger partial charge in [-0.1, -0.05) is 41.9 Å². The van der Waals surface area contributed by atoms with E-state index in [1.54, 1.807) is 4.57 Å². The van der Waals surface area contributed by atoms with Crippen LogP contribution in [0.4, 0.5) is 13.2 Å². The highest BCUT2D eigenvalue weighted by Gasteiger charge is 2.34. The van der Waals surface area contributed by atoms with E-state index in [1.807, 2.05) is 31.2 Å². The maximum Gasteiger partial charge on any atom is 0.417 e. The predicted octanol–water partition coefficient (Wildman–Crippen LogP) is 5.70. The number of hydrogen-bond acceptors (Lipinski definition) is 2. The van der Waals surface area contributed by atoms with Gasteiger partial charge in [0.05, 0.1) is 10.6 Å². The summed E-state index contributed by atoms with van der Waals surface area (Å²) in [6, 6.07) is 11.1. The number of alkyl halides is 3. The Hall–Kier alpha value is -2.12. The molecule has 8 heteroatoms. The van der Waals surface area contributed by atoms with Crippen molar-refractivity contribution < 1.29 is 13.2 Å². The zero-order valence-corrected chi connectivity index (χ0v) is 16.4. The molecule has 0 atom stereocenters. The van der Waals surface area contributed by atoms with Gasteiger partial charge in [-0.25, -0.2) is 0 Å². The summed E-state index contributed by atoms with van der Waals surface area (Å²) >= 11 is 9.18. The van der Waals surface area contributed by atoms with E-state index in [0.717, 1.165) is 17.2 Å². The second kappa shape index (κ2) is 7.48. The fraction of sp³-hybridized carbons (Fsp3) is 0.158. The quantitative estimate of drug-likeness (QED) is 0.505. The first kappa shape index (κ1) is 19.6. The van der Waals surface area contributed by atoms with Gasteiger partial charge in [0.15, 0.2) is 0 Å². The predicted molar refractivity (Wildman–Crippen MR) is 102 cm³/mol. The molecule has 0 amide bonds. The molecule has 1 heterocycles. The third-order valence-corrected chi connectivity index (χ3v) is 5.05. The molecule has 0 spiro atoms. The fourth-order valence-corrected chi connectivity index (χ4v) is 3.35. The van der Waals surface area contributed by atoms with Gasteiger partial charge in [-0.05, 0) is 46.1 Å². The van der Waals surface area contributed by atoms with Crippen LogP contribution in [-0.4, -0.2) is 9.55 Å². The zero-order valence-electron chi connectivity index (χ0n) is 14.0. The van der Waals surface area contributed by atoms with Gasteiger partial charge in [0.1, 0.15) is 10.3 Å². The Balaban J connectivity index is 2.21. The normalized spacial score (nSPS) is 11.6. The molecule has 3 aromatic rings. The average molecular weight is 458 g/mol. The lowest BCUT2D eigenvalue weighted by Gasteiger charge is -2.17. The lowest BCUT2D eigenvalue weighted by atomic mass is 10.1. The van der Waals surface area contributed by atoms with Crippen LogP contribution >= 0.6 is 27.5 Å². The van der Waals surface area contributed by atoms with Crippen LogP contribution in [0.3, 0.4) is 0 Å². The highest BCUT2D eigenvalue weighted by atomic mass is 79.9. The van der Waals surface area contributed by atoms with Crippen LogP contribution in [0.15, 0.2) is 57.9 Å². The van der Waals surface area contributed by atoms with Crippen LogP contribution in [0.1, 0.15) is 16.7 Å². The van der Waals surface area contributed by atoms with E-state index < -0.39 is 22.3 Å². The molecule has 0 fully saturated rings. The molecule has 0 N–H and O–H groups in total. The first-order chi connectivity index (χ1) is 12.7. The summed E-state index contributed by atoms with van der Waals surface area (Å²) in [5.41, 5.74) is 0.443. The second-order valence-corrected chi connectivity index (χ2v) is 7.17. The van der Waals surface area contributed by atoms with E-state index in [9.17, 15) is 18.0 Å². The molecule has 1 aromatic heterocycles. The minimum Gasteiger partial charge on any atom is -0.327 e. The molecule has 140 valence electrons. The summed E-state index contributed by atoms with van der Waals surface area (Å²) < 4.78 is 41.4. The zero-order chi connectivity index (χ0) is 19.8. The molecule has 0 aliphatic heterocycles. The molecule has 0 aliphatic rings. The van der Waals surface area contributed by atoms with Crippen LogP contribution in [-0.2, 0) is 12.7 Å². The molecule has 2 aromatic carbocycles. The number of halogens is 5. The standard InChI is InChI=1S/C19H13BrClF3N2O/c1-11-5-2-3-6-12(11)9-26-10-15(20)18(27)25-17(26)13-7-4-8-14(16(13)21)19(22,23)24/h2-8,10H,9H2,1H3. The van der Waals surface area contributed by atoms with Crippen molar-refractivity contribution in [1.29, 1.82) is 0 Å².